The van der Waals surface area contributed by atoms with E-state index in [1.54, 1.807) is 31.2 Å². The molecule has 0 radical (unpaired) electrons. The molecule has 1 fully saturated rings. The maximum absolute atomic E-state index is 14.2. The van der Waals surface area contributed by atoms with Gasteiger partial charge >= 0.3 is 6.01 Å². The number of fused-ring (bicyclic) bond motifs is 1. The van der Waals surface area contributed by atoms with Crippen molar-refractivity contribution < 1.29 is 22.9 Å². The van der Waals surface area contributed by atoms with Gasteiger partial charge in [-0.05, 0) is 62.4 Å². The molecule has 1 saturated heterocycles. The van der Waals surface area contributed by atoms with Crippen LogP contribution in [0.3, 0.4) is 0 Å². The summed E-state index contributed by atoms with van der Waals surface area (Å²) in [6.07, 6.45) is 3.53. The predicted octanol–water partition coefficient (Wildman–Crippen LogP) is 4.27. The summed E-state index contributed by atoms with van der Waals surface area (Å²) in [6, 6.07) is 9.38. The van der Waals surface area contributed by atoms with E-state index in [-0.39, 0.29) is 36.0 Å². The molecule has 2 amide bonds. The van der Waals surface area contributed by atoms with Gasteiger partial charge in [0.1, 0.15) is 23.8 Å². The lowest BCUT2D eigenvalue weighted by Gasteiger charge is -2.36. The van der Waals surface area contributed by atoms with Gasteiger partial charge in [-0.25, -0.2) is 8.78 Å². The van der Waals surface area contributed by atoms with Gasteiger partial charge in [0.2, 0.25) is 11.8 Å². The zero-order chi connectivity index (χ0) is 28.9. The lowest BCUT2D eigenvalue weighted by molar-refractivity contribution is -0.137. The Morgan fingerprint density at radius 3 is 2.71 bits per heavy atom. The van der Waals surface area contributed by atoms with Crippen LogP contribution < -0.4 is 21.3 Å². The molecule has 3 heterocycles. The van der Waals surface area contributed by atoms with Gasteiger partial charge in [0, 0.05) is 19.0 Å². The summed E-state index contributed by atoms with van der Waals surface area (Å²) in [5.41, 5.74) is 1.75. The summed E-state index contributed by atoms with van der Waals surface area (Å²) in [7, 11) is 0. The predicted molar refractivity (Wildman–Crippen MR) is 150 cm³/mol. The molecule has 10 nitrogen and oxygen atoms in total. The van der Waals surface area contributed by atoms with E-state index in [1.165, 1.54) is 18.2 Å². The maximum Gasteiger partial charge on any atom is 0.322 e. The largest absolute Gasteiger partial charge is 0.362 e. The summed E-state index contributed by atoms with van der Waals surface area (Å²) < 4.78 is 32.8. The highest BCUT2D eigenvalue weighted by atomic mass is 19.1. The third-order valence-electron chi connectivity index (χ3n) is 7.65. The number of nitrogens with one attached hydrogen (secondary N) is 4. The first-order valence-electron chi connectivity index (χ1n) is 14.1. The van der Waals surface area contributed by atoms with E-state index in [2.05, 4.69) is 38.3 Å². The third-order valence-corrected chi connectivity index (χ3v) is 7.65. The van der Waals surface area contributed by atoms with E-state index in [4.69, 9.17) is 4.52 Å². The van der Waals surface area contributed by atoms with Gasteiger partial charge in [-0.1, -0.05) is 30.3 Å². The average molecular weight is 568 g/mol. The number of aromatic nitrogens is 2. The monoisotopic (exact) mass is 567 g/mol. The van der Waals surface area contributed by atoms with Crippen LogP contribution in [0.5, 0.6) is 0 Å². The van der Waals surface area contributed by atoms with E-state index in [0.717, 1.165) is 31.2 Å². The molecule has 12 heteroatoms. The first kappa shape index (κ1) is 28.3. The number of likely N-dealkylation sites (tertiary alicyclic amines) is 1. The number of hydrogen-bond acceptors (Lipinski definition) is 8. The molecule has 0 aliphatic carbocycles. The SMILES string of the molecule is CC[C@H]1CCCCN1C(=O)C[C@H](Nc1nc(Cc2ccc(F)cc2)no1)C(=O)N[C@@H](C)C1Nc2cccc(F)c2N1. The van der Waals surface area contributed by atoms with Crippen molar-refractivity contribution in [2.75, 3.05) is 22.5 Å². The van der Waals surface area contributed by atoms with Crippen LogP contribution in [-0.2, 0) is 16.0 Å². The van der Waals surface area contributed by atoms with Gasteiger partial charge in [0.25, 0.3) is 0 Å². The van der Waals surface area contributed by atoms with Crippen molar-refractivity contribution in [1.29, 1.82) is 0 Å². The number of carbonyl (C=O) groups is 2. The second-order valence-electron chi connectivity index (χ2n) is 10.6. The van der Waals surface area contributed by atoms with Crippen LogP contribution in [0.15, 0.2) is 47.0 Å². The molecule has 2 aliphatic rings. The number of halogens is 2. The number of hydrogen-bond donors (Lipinski definition) is 4. The molecule has 1 aromatic heterocycles. The van der Waals surface area contributed by atoms with Crippen LogP contribution in [0.25, 0.3) is 0 Å². The van der Waals surface area contributed by atoms with E-state index < -0.39 is 24.2 Å². The molecule has 5 rings (SSSR count). The van der Waals surface area contributed by atoms with Crippen LogP contribution in [0.1, 0.15) is 57.3 Å². The van der Waals surface area contributed by atoms with Crippen molar-refractivity contribution in [3.05, 3.63) is 65.5 Å². The van der Waals surface area contributed by atoms with Gasteiger partial charge in [0.15, 0.2) is 5.82 Å². The fourth-order valence-corrected chi connectivity index (χ4v) is 5.38. The van der Waals surface area contributed by atoms with Gasteiger partial charge in [-0.3, -0.25) is 9.59 Å². The standard InChI is InChI=1S/C29H35F2N7O3/c1-3-20-7-4-5-14-38(20)25(39)16-23(34-29-35-24(37-41-29)15-18-10-12-19(30)13-11-18)28(40)32-17(2)27-33-22-9-6-8-21(31)26(22)36-27/h6,8-13,17,20,23,27,33,36H,3-5,7,14-16H2,1-2H3,(H,32,40)(H,34,35,37)/t17-,20-,23-,27?/m0/s1. The summed E-state index contributed by atoms with van der Waals surface area (Å²) >= 11 is 0. The number of benzene rings is 2. The second kappa shape index (κ2) is 12.5. The van der Waals surface area contributed by atoms with Crippen molar-refractivity contribution in [1.82, 2.24) is 20.4 Å². The molecule has 1 unspecified atom stereocenters. The van der Waals surface area contributed by atoms with Crippen LogP contribution >= 0.6 is 0 Å². The second-order valence-corrected chi connectivity index (χ2v) is 10.6. The first-order chi connectivity index (χ1) is 19.8. The third kappa shape index (κ3) is 6.75. The minimum absolute atomic E-state index is 0.00000646. The van der Waals surface area contributed by atoms with E-state index >= 15 is 0 Å². The molecule has 41 heavy (non-hydrogen) atoms. The van der Waals surface area contributed by atoms with E-state index in [9.17, 15) is 18.4 Å². The Balaban J connectivity index is 1.28. The Morgan fingerprint density at radius 2 is 1.95 bits per heavy atom. The summed E-state index contributed by atoms with van der Waals surface area (Å²) in [4.78, 5) is 33.2. The Morgan fingerprint density at radius 1 is 1.15 bits per heavy atom. The first-order valence-corrected chi connectivity index (χ1v) is 14.1. The number of nitrogens with zero attached hydrogens (tertiary/aromatic N) is 3. The fourth-order valence-electron chi connectivity index (χ4n) is 5.38. The number of carbonyl (C=O) groups excluding carboxylic acids is 2. The Bertz CT molecular complexity index is 1370. The minimum atomic E-state index is -0.996. The number of para-hydroxylation sites is 1. The molecule has 218 valence electrons. The quantitative estimate of drug-likeness (QED) is 0.286. The van der Waals surface area contributed by atoms with Crippen molar-refractivity contribution in [2.45, 2.75) is 76.7 Å². The van der Waals surface area contributed by atoms with E-state index in [0.29, 0.717) is 30.2 Å². The normalized spacial score (nSPS) is 19.5. The topological polar surface area (TPSA) is 124 Å². The summed E-state index contributed by atoms with van der Waals surface area (Å²) in [5, 5.41) is 16.1. The minimum Gasteiger partial charge on any atom is -0.362 e. The highest BCUT2D eigenvalue weighted by Crippen LogP contribution is 2.32. The zero-order valence-electron chi connectivity index (χ0n) is 23.1. The van der Waals surface area contributed by atoms with Gasteiger partial charge in [-0.15, -0.1) is 0 Å². The lowest BCUT2D eigenvalue weighted by Crippen LogP contribution is -2.53. The Labute approximate surface area is 237 Å². The van der Waals surface area contributed by atoms with Crippen LogP contribution in [-0.4, -0.2) is 57.7 Å². The summed E-state index contributed by atoms with van der Waals surface area (Å²) in [6.45, 7) is 4.50. The van der Waals surface area contributed by atoms with Crippen molar-refractivity contribution in [2.24, 2.45) is 0 Å². The fraction of sp³-hybridized carbons (Fsp3) is 0.448. The molecule has 3 aromatic rings. The molecule has 4 atom stereocenters. The number of rotatable bonds is 10. The molecular weight excluding hydrogens is 532 g/mol. The Kier molecular flexibility index (Phi) is 8.65. The van der Waals surface area contributed by atoms with Gasteiger partial charge in [0.05, 0.1) is 23.8 Å². The smallest absolute Gasteiger partial charge is 0.322 e. The highest BCUT2D eigenvalue weighted by Gasteiger charge is 2.33. The molecule has 0 bridgehead atoms. The maximum atomic E-state index is 14.2. The number of piperidine rings is 1. The molecule has 0 spiro atoms. The molecule has 4 N–H and O–H groups in total. The lowest BCUT2D eigenvalue weighted by atomic mass is 9.99. The van der Waals surface area contributed by atoms with Crippen molar-refractivity contribution in [3.8, 4) is 0 Å². The number of amides is 2. The Hall–Kier alpha value is -4.22. The van der Waals surface area contributed by atoms with Crippen LogP contribution in [0, 0.1) is 11.6 Å². The van der Waals surface area contributed by atoms with Gasteiger partial charge < -0.3 is 30.7 Å². The number of anilines is 3. The molecule has 2 aromatic carbocycles. The van der Waals surface area contributed by atoms with E-state index in [1.807, 2.05) is 4.90 Å². The van der Waals surface area contributed by atoms with Crippen molar-refractivity contribution in [3.63, 3.8) is 0 Å². The highest BCUT2D eigenvalue weighted by molar-refractivity contribution is 5.90. The molecule has 0 saturated carbocycles. The van der Waals surface area contributed by atoms with Gasteiger partial charge in [-0.2, -0.15) is 4.98 Å². The zero-order valence-corrected chi connectivity index (χ0v) is 23.1. The van der Waals surface area contributed by atoms with Crippen LogP contribution in [0.4, 0.5) is 26.2 Å². The molecular formula is C29H35F2N7O3. The average Bonchev–Trinajstić information content (AvgIpc) is 3.61. The summed E-state index contributed by atoms with van der Waals surface area (Å²) in [5.74, 6) is -0.947. The van der Waals surface area contributed by atoms with Crippen LogP contribution in [0.2, 0.25) is 0 Å². The van der Waals surface area contributed by atoms with Crippen molar-refractivity contribution >= 4 is 29.2 Å². The molecule has 2 aliphatic heterocycles.